The molecular weight excluding hydrogens is 284 g/mol. The lowest BCUT2D eigenvalue weighted by atomic mass is 10.2. The number of hydrogen-bond donors (Lipinski definition) is 0. The Labute approximate surface area is 124 Å². The molecule has 0 N–H and O–H groups in total. The van der Waals surface area contributed by atoms with E-state index in [4.69, 9.17) is 4.42 Å². The molecule has 1 aromatic heterocycles. The van der Waals surface area contributed by atoms with Crippen molar-refractivity contribution in [2.24, 2.45) is 4.99 Å². The van der Waals surface area contributed by atoms with Crippen LogP contribution >= 0.6 is 0 Å². The number of rotatable bonds is 3. The Morgan fingerprint density at radius 3 is 2.55 bits per heavy atom. The normalized spacial score (nSPS) is 11.1. The topological polar surface area (TPSA) is 85.7 Å². The fourth-order valence-electron chi connectivity index (χ4n) is 1.97. The first kappa shape index (κ1) is 13.7. The van der Waals surface area contributed by atoms with Crippen molar-refractivity contribution in [1.29, 1.82) is 0 Å². The van der Waals surface area contributed by atoms with Crippen LogP contribution in [0.4, 0.5) is 11.4 Å². The predicted molar refractivity (Wildman–Crippen MR) is 82.8 cm³/mol. The first-order valence-corrected chi connectivity index (χ1v) is 6.45. The van der Waals surface area contributed by atoms with Gasteiger partial charge in [-0.25, -0.2) is 9.79 Å². The largest absolute Gasteiger partial charge is 0.421 e. The van der Waals surface area contributed by atoms with Gasteiger partial charge in [0.1, 0.15) is 11.3 Å². The number of nitrogens with zero attached hydrogens (tertiary/aromatic N) is 2. The quantitative estimate of drug-likeness (QED) is 0.320. The molecule has 0 aliphatic carbocycles. The molecule has 0 unspecified atom stereocenters. The van der Waals surface area contributed by atoms with Gasteiger partial charge < -0.3 is 4.42 Å². The Hall–Kier alpha value is -3.28. The van der Waals surface area contributed by atoms with E-state index in [0.29, 0.717) is 11.1 Å². The second-order valence-corrected chi connectivity index (χ2v) is 4.56. The molecule has 2 aromatic carbocycles. The van der Waals surface area contributed by atoms with Crippen molar-refractivity contribution in [1.82, 2.24) is 0 Å². The first-order chi connectivity index (χ1) is 10.6. The summed E-state index contributed by atoms with van der Waals surface area (Å²) >= 11 is 0. The summed E-state index contributed by atoms with van der Waals surface area (Å²) in [7, 11) is 0. The standard InChI is InChI=1S/C16H10N2O4/c19-16-14(9-12-3-1-2-4-15(12)22-16)17-10-11-5-7-13(8-6-11)18(20)21/h1-10H. The Bertz CT molecular complexity index is 927. The van der Waals surface area contributed by atoms with E-state index in [-0.39, 0.29) is 11.4 Å². The molecule has 0 aliphatic rings. The molecule has 0 aliphatic heterocycles. The van der Waals surface area contributed by atoms with E-state index in [1.54, 1.807) is 30.3 Å². The van der Waals surface area contributed by atoms with E-state index in [1.165, 1.54) is 18.3 Å². The van der Waals surface area contributed by atoms with Gasteiger partial charge in [0.25, 0.3) is 5.69 Å². The van der Waals surface area contributed by atoms with Crippen molar-refractivity contribution in [3.63, 3.8) is 0 Å². The van der Waals surface area contributed by atoms with Gasteiger partial charge in [0.15, 0.2) is 0 Å². The minimum atomic E-state index is -0.531. The van der Waals surface area contributed by atoms with Gasteiger partial charge in [-0.15, -0.1) is 0 Å². The van der Waals surface area contributed by atoms with Crippen LogP contribution in [0.2, 0.25) is 0 Å². The highest BCUT2D eigenvalue weighted by molar-refractivity contribution is 5.84. The molecule has 0 spiro atoms. The summed E-state index contributed by atoms with van der Waals surface area (Å²) in [6.07, 6.45) is 1.46. The average Bonchev–Trinajstić information content (AvgIpc) is 2.53. The SMILES string of the molecule is O=c1oc2ccccc2cc1N=Cc1ccc([N+](=O)[O-])cc1. The summed E-state index contributed by atoms with van der Waals surface area (Å²) in [5.74, 6) is 0. The molecule has 108 valence electrons. The molecule has 0 amide bonds. The number of aliphatic imine (C=N–C) groups is 1. The summed E-state index contributed by atoms with van der Waals surface area (Å²) in [5.41, 5.74) is 0.802. The lowest BCUT2D eigenvalue weighted by Gasteiger charge is -1.97. The molecule has 3 aromatic rings. The Morgan fingerprint density at radius 2 is 1.82 bits per heavy atom. The summed E-state index contributed by atoms with van der Waals surface area (Å²) in [5, 5.41) is 11.4. The zero-order valence-corrected chi connectivity index (χ0v) is 11.3. The van der Waals surface area contributed by atoms with Gasteiger partial charge in [0.2, 0.25) is 0 Å². The van der Waals surface area contributed by atoms with Crippen molar-refractivity contribution in [3.8, 4) is 0 Å². The van der Waals surface area contributed by atoms with Crippen molar-refractivity contribution in [2.75, 3.05) is 0 Å². The predicted octanol–water partition coefficient (Wildman–Crippen LogP) is 3.45. The maximum Gasteiger partial charge on any atom is 0.362 e. The van der Waals surface area contributed by atoms with Gasteiger partial charge in [-0.1, -0.05) is 18.2 Å². The minimum Gasteiger partial charge on any atom is -0.421 e. The molecule has 0 fully saturated rings. The maximum atomic E-state index is 11.8. The molecule has 0 radical (unpaired) electrons. The van der Waals surface area contributed by atoms with Crippen molar-refractivity contribution in [3.05, 3.63) is 80.7 Å². The van der Waals surface area contributed by atoms with Crippen LogP contribution in [0.3, 0.4) is 0 Å². The monoisotopic (exact) mass is 294 g/mol. The molecular formula is C16H10N2O4. The van der Waals surface area contributed by atoms with Gasteiger partial charge in [0, 0.05) is 23.7 Å². The second kappa shape index (κ2) is 5.61. The molecule has 3 rings (SSSR count). The van der Waals surface area contributed by atoms with Crippen LogP contribution < -0.4 is 5.63 Å². The van der Waals surface area contributed by atoms with Gasteiger partial charge in [-0.05, 0) is 29.8 Å². The molecule has 0 bridgehead atoms. The maximum absolute atomic E-state index is 11.8. The van der Waals surface area contributed by atoms with Crippen LogP contribution in [0.25, 0.3) is 11.0 Å². The highest BCUT2D eigenvalue weighted by Gasteiger charge is 2.04. The highest BCUT2D eigenvalue weighted by atomic mass is 16.6. The summed E-state index contributed by atoms with van der Waals surface area (Å²) in [6.45, 7) is 0. The summed E-state index contributed by atoms with van der Waals surface area (Å²) in [4.78, 5) is 26.0. The molecule has 1 heterocycles. The molecule has 6 heteroatoms. The number of nitro groups is 1. The smallest absolute Gasteiger partial charge is 0.362 e. The third-order valence-electron chi connectivity index (χ3n) is 3.08. The van der Waals surface area contributed by atoms with Crippen LogP contribution in [0.5, 0.6) is 0 Å². The average molecular weight is 294 g/mol. The zero-order chi connectivity index (χ0) is 15.5. The van der Waals surface area contributed by atoms with Crippen LogP contribution in [0.1, 0.15) is 5.56 Å². The molecule has 0 saturated carbocycles. The number of non-ortho nitro benzene ring substituents is 1. The van der Waals surface area contributed by atoms with E-state index < -0.39 is 10.5 Å². The van der Waals surface area contributed by atoms with Gasteiger partial charge in [-0.3, -0.25) is 10.1 Å². The Kier molecular flexibility index (Phi) is 3.49. The van der Waals surface area contributed by atoms with E-state index in [0.717, 1.165) is 5.39 Å². The molecule has 0 atom stereocenters. The first-order valence-electron chi connectivity index (χ1n) is 6.45. The zero-order valence-electron chi connectivity index (χ0n) is 11.3. The van der Waals surface area contributed by atoms with E-state index in [1.807, 2.05) is 12.1 Å². The van der Waals surface area contributed by atoms with Crippen LogP contribution in [0, 0.1) is 10.1 Å². The molecule has 6 nitrogen and oxygen atoms in total. The molecule has 22 heavy (non-hydrogen) atoms. The third kappa shape index (κ3) is 2.76. The van der Waals surface area contributed by atoms with E-state index in [2.05, 4.69) is 4.99 Å². The number of fused-ring (bicyclic) bond motifs is 1. The van der Waals surface area contributed by atoms with E-state index >= 15 is 0 Å². The van der Waals surface area contributed by atoms with Crippen LogP contribution in [0.15, 0.2) is 68.8 Å². The number of nitro benzene ring substituents is 1. The summed E-state index contributed by atoms with van der Waals surface area (Å²) < 4.78 is 5.17. The van der Waals surface area contributed by atoms with Gasteiger partial charge in [0.05, 0.1) is 4.92 Å². The fraction of sp³-hybridized carbons (Fsp3) is 0. The lowest BCUT2D eigenvalue weighted by Crippen LogP contribution is -1.98. The van der Waals surface area contributed by atoms with E-state index in [9.17, 15) is 14.9 Å². The van der Waals surface area contributed by atoms with Crippen molar-refractivity contribution < 1.29 is 9.34 Å². The highest BCUT2D eigenvalue weighted by Crippen LogP contribution is 2.17. The van der Waals surface area contributed by atoms with Gasteiger partial charge >= 0.3 is 5.63 Å². The van der Waals surface area contributed by atoms with Crippen molar-refractivity contribution in [2.45, 2.75) is 0 Å². The number of hydrogen-bond acceptors (Lipinski definition) is 5. The molecule has 0 saturated heterocycles. The van der Waals surface area contributed by atoms with Gasteiger partial charge in [-0.2, -0.15) is 0 Å². The Balaban J connectivity index is 1.93. The summed E-state index contributed by atoms with van der Waals surface area (Å²) in [6, 6.07) is 14.7. The lowest BCUT2D eigenvalue weighted by molar-refractivity contribution is -0.384. The van der Waals surface area contributed by atoms with Crippen LogP contribution in [-0.2, 0) is 0 Å². The van der Waals surface area contributed by atoms with Crippen LogP contribution in [-0.4, -0.2) is 11.1 Å². The number of para-hydroxylation sites is 1. The second-order valence-electron chi connectivity index (χ2n) is 4.56. The fourth-order valence-corrected chi connectivity index (χ4v) is 1.97. The number of benzene rings is 2. The van der Waals surface area contributed by atoms with Crippen molar-refractivity contribution >= 4 is 28.6 Å². The minimum absolute atomic E-state index is 0.00219. The third-order valence-corrected chi connectivity index (χ3v) is 3.08. The Morgan fingerprint density at radius 1 is 1.09 bits per heavy atom.